The van der Waals surface area contributed by atoms with Gasteiger partial charge in [-0.25, -0.2) is 0 Å². The number of carbonyl (C=O) groups excluding carboxylic acids is 1. The Bertz CT molecular complexity index is 271. The number of thioether (sulfide) groups is 1. The number of aromatic nitrogens is 1. The molecule has 5 heteroatoms. The first kappa shape index (κ1) is 8.86. The highest BCUT2D eigenvalue weighted by Gasteiger charge is 2.13. The fourth-order valence-corrected chi connectivity index (χ4v) is 1.31. The van der Waals surface area contributed by atoms with Gasteiger partial charge in [-0.3, -0.25) is 4.79 Å². The maximum absolute atomic E-state index is 10.5. The minimum Gasteiger partial charge on any atom is -0.364 e. The third kappa shape index (κ3) is 2.13. The molecule has 0 spiro atoms. The fourth-order valence-electron chi connectivity index (χ4n) is 0.723. The lowest BCUT2D eigenvalue weighted by molar-refractivity contribution is 0.267. The third-order valence-electron chi connectivity index (χ3n) is 1.21. The first-order chi connectivity index (χ1) is 5.74. The van der Waals surface area contributed by atoms with Crippen LogP contribution in [0.15, 0.2) is 29.5 Å². The molecule has 1 amide bonds. The van der Waals surface area contributed by atoms with E-state index in [1.807, 2.05) is 0 Å². The summed E-state index contributed by atoms with van der Waals surface area (Å²) in [5.74, 6) is 0. The quantitative estimate of drug-likeness (QED) is 0.726. The van der Waals surface area contributed by atoms with Gasteiger partial charge < -0.3 is 10.3 Å². The summed E-state index contributed by atoms with van der Waals surface area (Å²) in [7, 11) is 0. The van der Waals surface area contributed by atoms with Crippen molar-refractivity contribution < 1.29 is 9.32 Å². The standard InChI is InChI=1S/C7H8N2O2S/c1-2-6(12-7(8)10)5-3-4-11-9-5/h2-4,6H,1H2,(H2,8,10). The smallest absolute Gasteiger partial charge is 0.277 e. The summed E-state index contributed by atoms with van der Waals surface area (Å²) in [5.41, 5.74) is 5.64. The van der Waals surface area contributed by atoms with Crippen LogP contribution < -0.4 is 5.73 Å². The zero-order valence-corrected chi connectivity index (χ0v) is 7.08. The van der Waals surface area contributed by atoms with Gasteiger partial charge in [0.15, 0.2) is 0 Å². The van der Waals surface area contributed by atoms with E-state index in [0.717, 1.165) is 11.8 Å². The van der Waals surface area contributed by atoms with Gasteiger partial charge in [-0.05, 0) is 0 Å². The van der Waals surface area contributed by atoms with Crippen LogP contribution in [-0.4, -0.2) is 10.4 Å². The van der Waals surface area contributed by atoms with Gasteiger partial charge in [0.2, 0.25) is 0 Å². The number of nitrogens with zero attached hydrogens (tertiary/aromatic N) is 1. The molecular weight excluding hydrogens is 176 g/mol. The molecule has 0 saturated heterocycles. The summed E-state index contributed by atoms with van der Waals surface area (Å²) in [4.78, 5) is 10.5. The summed E-state index contributed by atoms with van der Waals surface area (Å²) in [5, 5.41) is 2.99. The molecule has 1 rings (SSSR count). The molecule has 1 aromatic heterocycles. The van der Waals surface area contributed by atoms with E-state index in [2.05, 4.69) is 16.3 Å². The molecule has 1 heterocycles. The molecule has 64 valence electrons. The van der Waals surface area contributed by atoms with Gasteiger partial charge >= 0.3 is 0 Å². The van der Waals surface area contributed by atoms with Crippen LogP contribution in [0, 0.1) is 0 Å². The Labute approximate surface area is 73.8 Å². The van der Waals surface area contributed by atoms with Crippen LogP contribution in [0.2, 0.25) is 0 Å². The van der Waals surface area contributed by atoms with Crippen molar-refractivity contribution in [3.63, 3.8) is 0 Å². The molecule has 0 aliphatic heterocycles. The summed E-state index contributed by atoms with van der Waals surface area (Å²) in [6, 6.07) is 1.67. The van der Waals surface area contributed by atoms with Crippen molar-refractivity contribution in [3.8, 4) is 0 Å². The number of hydrogen-bond donors (Lipinski definition) is 1. The first-order valence-electron chi connectivity index (χ1n) is 3.23. The predicted molar refractivity (Wildman–Crippen MR) is 46.6 cm³/mol. The van der Waals surface area contributed by atoms with Crippen LogP contribution in [0.5, 0.6) is 0 Å². The number of nitrogens with two attached hydrogens (primary N) is 1. The lowest BCUT2D eigenvalue weighted by Crippen LogP contribution is -2.05. The van der Waals surface area contributed by atoms with Crippen molar-refractivity contribution in [2.75, 3.05) is 0 Å². The van der Waals surface area contributed by atoms with Gasteiger partial charge in [-0.1, -0.05) is 23.0 Å². The SMILES string of the molecule is C=CC(SC(N)=O)c1ccon1. The molecule has 1 aromatic rings. The van der Waals surface area contributed by atoms with Crippen molar-refractivity contribution in [3.05, 3.63) is 30.7 Å². The van der Waals surface area contributed by atoms with Crippen LogP contribution in [0.4, 0.5) is 4.79 Å². The number of amides is 1. The zero-order valence-electron chi connectivity index (χ0n) is 6.27. The van der Waals surface area contributed by atoms with Crippen LogP contribution in [0.3, 0.4) is 0 Å². The molecule has 0 saturated carbocycles. The Morgan fingerprint density at radius 1 is 1.92 bits per heavy atom. The molecular formula is C7H8N2O2S. The lowest BCUT2D eigenvalue weighted by atomic mass is 10.3. The van der Waals surface area contributed by atoms with Gasteiger partial charge in [0.1, 0.15) is 12.0 Å². The lowest BCUT2D eigenvalue weighted by Gasteiger charge is -2.03. The van der Waals surface area contributed by atoms with E-state index in [1.165, 1.54) is 6.26 Å². The molecule has 2 N–H and O–H groups in total. The zero-order chi connectivity index (χ0) is 8.97. The maximum Gasteiger partial charge on any atom is 0.277 e. The Morgan fingerprint density at radius 2 is 2.67 bits per heavy atom. The first-order valence-corrected chi connectivity index (χ1v) is 4.11. The number of rotatable bonds is 3. The Balaban J connectivity index is 2.69. The highest BCUT2D eigenvalue weighted by molar-refractivity contribution is 8.13. The monoisotopic (exact) mass is 184 g/mol. The highest BCUT2D eigenvalue weighted by Crippen LogP contribution is 2.27. The van der Waals surface area contributed by atoms with Crippen LogP contribution >= 0.6 is 11.8 Å². The Morgan fingerprint density at radius 3 is 3.08 bits per heavy atom. The van der Waals surface area contributed by atoms with E-state index >= 15 is 0 Å². The van der Waals surface area contributed by atoms with Crippen LogP contribution in [0.1, 0.15) is 10.9 Å². The van der Waals surface area contributed by atoms with Gasteiger partial charge in [0.25, 0.3) is 5.24 Å². The molecule has 1 atom stereocenters. The molecule has 1 unspecified atom stereocenters. The highest BCUT2D eigenvalue weighted by atomic mass is 32.2. The molecule has 12 heavy (non-hydrogen) atoms. The Hall–Kier alpha value is -1.23. The van der Waals surface area contributed by atoms with Crippen molar-refractivity contribution in [1.82, 2.24) is 5.16 Å². The topological polar surface area (TPSA) is 69.1 Å². The van der Waals surface area contributed by atoms with Gasteiger partial charge in [-0.2, -0.15) is 0 Å². The average molecular weight is 184 g/mol. The fraction of sp³-hybridized carbons (Fsp3) is 0.143. The van der Waals surface area contributed by atoms with Crippen molar-refractivity contribution >= 4 is 17.0 Å². The molecule has 4 nitrogen and oxygen atoms in total. The molecule has 0 radical (unpaired) electrons. The minimum absolute atomic E-state index is 0.221. The largest absolute Gasteiger partial charge is 0.364 e. The molecule has 0 fully saturated rings. The number of hydrogen-bond acceptors (Lipinski definition) is 4. The number of carbonyl (C=O) groups is 1. The normalized spacial score (nSPS) is 12.3. The third-order valence-corrected chi connectivity index (χ3v) is 2.13. The summed E-state index contributed by atoms with van der Waals surface area (Å²) in [6.07, 6.45) is 3.03. The predicted octanol–water partition coefficient (Wildman–Crippen LogP) is 1.71. The van der Waals surface area contributed by atoms with E-state index < -0.39 is 5.24 Å². The van der Waals surface area contributed by atoms with E-state index in [9.17, 15) is 4.79 Å². The molecule has 0 bridgehead atoms. The average Bonchev–Trinajstić information content (AvgIpc) is 2.51. The van der Waals surface area contributed by atoms with E-state index in [4.69, 9.17) is 5.73 Å². The molecule has 0 aliphatic rings. The van der Waals surface area contributed by atoms with E-state index in [-0.39, 0.29) is 5.25 Å². The summed E-state index contributed by atoms with van der Waals surface area (Å²) in [6.45, 7) is 3.56. The van der Waals surface area contributed by atoms with Crippen molar-refractivity contribution in [1.29, 1.82) is 0 Å². The van der Waals surface area contributed by atoms with Crippen molar-refractivity contribution in [2.45, 2.75) is 5.25 Å². The molecule has 0 aliphatic carbocycles. The van der Waals surface area contributed by atoms with Crippen LogP contribution in [0.25, 0.3) is 0 Å². The van der Waals surface area contributed by atoms with E-state index in [0.29, 0.717) is 5.69 Å². The van der Waals surface area contributed by atoms with E-state index in [1.54, 1.807) is 12.1 Å². The Kier molecular flexibility index (Phi) is 2.93. The second-order valence-electron chi connectivity index (χ2n) is 2.02. The van der Waals surface area contributed by atoms with Gasteiger partial charge in [-0.15, -0.1) is 6.58 Å². The number of primary amides is 1. The molecule has 0 aromatic carbocycles. The maximum atomic E-state index is 10.5. The summed E-state index contributed by atoms with van der Waals surface area (Å²) < 4.78 is 4.62. The van der Waals surface area contributed by atoms with Gasteiger partial charge in [0.05, 0.1) is 5.25 Å². The van der Waals surface area contributed by atoms with Crippen molar-refractivity contribution in [2.24, 2.45) is 5.73 Å². The summed E-state index contributed by atoms with van der Waals surface area (Å²) >= 11 is 0.956. The second-order valence-corrected chi connectivity index (χ2v) is 3.16. The van der Waals surface area contributed by atoms with Crippen LogP contribution in [-0.2, 0) is 0 Å². The minimum atomic E-state index is -0.456. The second kappa shape index (κ2) is 3.96. The van der Waals surface area contributed by atoms with Gasteiger partial charge in [0, 0.05) is 6.07 Å².